The first-order valence-electron chi connectivity index (χ1n) is 33.9. The van der Waals surface area contributed by atoms with Crippen LogP contribution in [0.2, 0.25) is 0 Å². The number of amides is 1. The van der Waals surface area contributed by atoms with Crippen molar-refractivity contribution in [1.82, 2.24) is 5.32 Å². The molecule has 0 saturated heterocycles. The van der Waals surface area contributed by atoms with Gasteiger partial charge in [0.25, 0.3) is 7.82 Å². The Morgan fingerprint density at radius 2 is 0.819 bits per heavy atom. The molecule has 83 heavy (non-hydrogen) atoms. The average molecular weight is 1180 g/mol. The molecular weight excluding hydrogens is 1050 g/mol. The van der Waals surface area contributed by atoms with Crippen molar-refractivity contribution in [3.8, 4) is 0 Å². The monoisotopic (exact) mass is 1170 g/mol. The zero-order valence-corrected chi connectivity index (χ0v) is 55.3. The second-order valence-corrected chi connectivity index (χ2v) is 25.2. The quantitative estimate of drug-likeness (QED) is 0.0161. The van der Waals surface area contributed by atoms with Crippen LogP contribution in [-0.4, -0.2) is 69.4 Å². The number of rotatable bonds is 60. The molecule has 1 N–H and O–H groups in total. The van der Waals surface area contributed by atoms with E-state index in [1.165, 1.54) is 161 Å². The van der Waals surface area contributed by atoms with Crippen LogP contribution in [0.1, 0.15) is 278 Å². The van der Waals surface area contributed by atoms with Crippen molar-refractivity contribution in [1.29, 1.82) is 0 Å². The molecule has 0 radical (unpaired) electrons. The molecule has 1 amide bonds. The highest BCUT2D eigenvalue weighted by Gasteiger charge is 2.27. The normalized spacial score (nSPS) is 14.3. The van der Waals surface area contributed by atoms with Crippen LogP contribution in [0.3, 0.4) is 0 Å². The second kappa shape index (κ2) is 61.5. The summed E-state index contributed by atoms with van der Waals surface area (Å²) < 4.78 is 30.4. The smallest absolute Gasteiger partial charge is 0.306 e. The molecule has 0 fully saturated rings. The number of carbonyl (C=O) groups is 2. The lowest BCUT2D eigenvalue weighted by atomic mass is 10.0. The summed E-state index contributed by atoms with van der Waals surface area (Å²) in [6.07, 6.45) is 86.1. The van der Waals surface area contributed by atoms with Crippen LogP contribution >= 0.6 is 7.82 Å². The van der Waals surface area contributed by atoms with Crippen molar-refractivity contribution in [2.24, 2.45) is 0 Å². The minimum absolute atomic E-state index is 0.0373. The topological polar surface area (TPSA) is 114 Å². The zero-order valence-electron chi connectivity index (χ0n) is 54.4. The average Bonchev–Trinajstić information content (AvgIpc) is 3.46. The first kappa shape index (κ1) is 79.4. The summed E-state index contributed by atoms with van der Waals surface area (Å²) in [5.41, 5.74) is 0. The lowest BCUT2D eigenvalue weighted by Gasteiger charge is -2.30. The highest BCUT2D eigenvalue weighted by Crippen LogP contribution is 2.38. The Labute approximate surface area is 512 Å². The first-order chi connectivity index (χ1) is 40.4. The fourth-order valence-corrected chi connectivity index (χ4v) is 10.0. The van der Waals surface area contributed by atoms with E-state index < -0.39 is 26.6 Å². The molecular formula is C73H127N2O7P. The SMILES string of the molecule is CC\C=C/C=C/C=C/C=C\C=C\C=C\CCCCCC(=O)NC(COP(=O)([O-])OCC[N+](C)(C)C)C(/C=C\CCCCCCCCCCCCC)OC(=O)CCCCCCCCCCCCCCCC/C=C\C/C=C\C/C=C\CCCCC. The van der Waals surface area contributed by atoms with Crippen molar-refractivity contribution in [3.05, 3.63) is 122 Å². The van der Waals surface area contributed by atoms with Gasteiger partial charge in [-0.1, -0.05) is 297 Å². The minimum atomic E-state index is -4.72. The van der Waals surface area contributed by atoms with Gasteiger partial charge in [0.1, 0.15) is 19.3 Å². The molecule has 0 aromatic rings. The number of unbranched alkanes of at least 4 members (excludes halogenated alkanes) is 31. The molecule has 0 spiro atoms. The number of nitrogens with one attached hydrogen (secondary N) is 1. The van der Waals surface area contributed by atoms with Crippen molar-refractivity contribution in [2.45, 2.75) is 290 Å². The summed E-state index contributed by atoms with van der Waals surface area (Å²) in [5, 5.41) is 3.01. The van der Waals surface area contributed by atoms with Crippen LogP contribution in [0.15, 0.2) is 122 Å². The maximum atomic E-state index is 13.5. The number of quaternary nitrogens is 1. The van der Waals surface area contributed by atoms with E-state index in [0.717, 1.165) is 77.0 Å². The fourth-order valence-electron chi connectivity index (χ4n) is 9.33. The Morgan fingerprint density at radius 3 is 1.30 bits per heavy atom. The maximum Gasteiger partial charge on any atom is 0.306 e. The molecule has 0 aliphatic rings. The lowest BCUT2D eigenvalue weighted by molar-refractivity contribution is -0.870. The van der Waals surface area contributed by atoms with Gasteiger partial charge >= 0.3 is 5.97 Å². The number of phosphoric ester groups is 1. The van der Waals surface area contributed by atoms with Crippen molar-refractivity contribution in [3.63, 3.8) is 0 Å². The number of likely N-dealkylation sites (N-methyl/N-ethyl adjacent to an activating group) is 1. The van der Waals surface area contributed by atoms with E-state index in [1.54, 1.807) is 0 Å². The fraction of sp³-hybridized carbons (Fsp3) is 0.699. The van der Waals surface area contributed by atoms with Crippen LogP contribution < -0.4 is 10.2 Å². The summed E-state index contributed by atoms with van der Waals surface area (Å²) in [6.45, 7) is 6.64. The second-order valence-electron chi connectivity index (χ2n) is 23.7. The molecule has 3 atom stereocenters. The van der Waals surface area contributed by atoms with E-state index in [0.29, 0.717) is 17.4 Å². The third-order valence-corrected chi connectivity index (χ3v) is 15.5. The van der Waals surface area contributed by atoms with Crippen LogP contribution in [0.4, 0.5) is 0 Å². The summed E-state index contributed by atoms with van der Waals surface area (Å²) in [7, 11) is 1.14. The summed E-state index contributed by atoms with van der Waals surface area (Å²) in [4.78, 5) is 40.1. The molecule has 0 bridgehead atoms. The van der Waals surface area contributed by atoms with E-state index in [2.05, 4.69) is 74.7 Å². The van der Waals surface area contributed by atoms with E-state index in [4.69, 9.17) is 13.8 Å². The van der Waals surface area contributed by atoms with E-state index >= 15 is 0 Å². The van der Waals surface area contributed by atoms with Crippen LogP contribution in [0.5, 0.6) is 0 Å². The predicted molar refractivity (Wildman–Crippen MR) is 357 cm³/mol. The van der Waals surface area contributed by atoms with E-state index in [9.17, 15) is 19.0 Å². The van der Waals surface area contributed by atoms with Crippen LogP contribution in [0.25, 0.3) is 0 Å². The molecule has 0 saturated carbocycles. The molecule has 9 nitrogen and oxygen atoms in total. The Balaban J connectivity index is 5.16. The Bertz CT molecular complexity index is 1830. The maximum absolute atomic E-state index is 13.5. The first-order valence-corrected chi connectivity index (χ1v) is 35.4. The molecule has 476 valence electrons. The minimum Gasteiger partial charge on any atom is -0.756 e. The summed E-state index contributed by atoms with van der Waals surface area (Å²) >= 11 is 0. The predicted octanol–water partition coefficient (Wildman–Crippen LogP) is 20.8. The van der Waals surface area contributed by atoms with Gasteiger partial charge in [0, 0.05) is 12.8 Å². The van der Waals surface area contributed by atoms with Gasteiger partial charge in [-0.3, -0.25) is 14.2 Å². The number of phosphoric acid groups is 1. The van der Waals surface area contributed by atoms with Gasteiger partial charge in [-0.05, 0) is 89.5 Å². The van der Waals surface area contributed by atoms with Crippen LogP contribution in [0, 0.1) is 0 Å². The zero-order chi connectivity index (χ0) is 60.7. The number of esters is 1. The largest absolute Gasteiger partial charge is 0.756 e. The number of hydrogen-bond acceptors (Lipinski definition) is 7. The number of allylic oxidation sites excluding steroid dienone is 19. The molecule has 0 rings (SSSR count). The highest BCUT2D eigenvalue weighted by molar-refractivity contribution is 7.45. The standard InChI is InChI=1S/C73H127N2O7P/c1-7-10-13-16-19-22-25-28-30-32-33-34-35-36-37-38-39-40-41-43-45-48-51-54-57-60-63-66-73(77)82-71(64-61-58-55-52-49-46-27-24-21-18-15-12-9-3)70(69-81-83(78,79)80-68-67-75(4,5)6)74-72(76)65-62-59-56-53-50-47-44-42-31-29-26-23-20-17-14-11-8-2/h11,14,17,19-20,22-23,26,28-31,33-34,42,44,47,50,61,64,70-71H,7-10,12-13,15-16,18,21,24-25,27,32,35-41,43,45-46,48-49,51-60,62-63,65-69H2,1-6H3,(H-,74,76,78,79)/b14-11-,20-17+,22-19-,26-23+,30-28-,31-29-,34-33-,44-42+,50-47+,64-61-. The van der Waals surface area contributed by atoms with Gasteiger partial charge in [-0.2, -0.15) is 0 Å². The molecule has 0 aliphatic heterocycles. The number of nitrogens with zero attached hydrogens (tertiary/aromatic N) is 1. The molecule has 0 aliphatic carbocycles. The molecule has 10 heteroatoms. The molecule has 0 aromatic heterocycles. The molecule has 0 aromatic carbocycles. The van der Waals surface area contributed by atoms with Crippen molar-refractivity contribution >= 4 is 19.7 Å². The van der Waals surface area contributed by atoms with Gasteiger partial charge in [0.05, 0.1) is 33.8 Å². The lowest BCUT2D eigenvalue weighted by Crippen LogP contribution is -2.47. The van der Waals surface area contributed by atoms with Gasteiger partial charge in [-0.15, -0.1) is 0 Å². The van der Waals surface area contributed by atoms with Gasteiger partial charge in [0.2, 0.25) is 5.91 Å². The third-order valence-electron chi connectivity index (χ3n) is 14.5. The molecule has 3 unspecified atom stereocenters. The van der Waals surface area contributed by atoms with E-state index in [-0.39, 0.29) is 31.3 Å². The van der Waals surface area contributed by atoms with Crippen molar-refractivity contribution in [2.75, 3.05) is 40.9 Å². The van der Waals surface area contributed by atoms with Crippen LogP contribution in [-0.2, 0) is 27.9 Å². The molecule has 0 heterocycles. The Hall–Kier alpha value is -3.59. The van der Waals surface area contributed by atoms with Gasteiger partial charge in [0.15, 0.2) is 0 Å². The van der Waals surface area contributed by atoms with Gasteiger partial charge < -0.3 is 28.5 Å². The van der Waals surface area contributed by atoms with E-state index in [1.807, 2.05) is 94.1 Å². The van der Waals surface area contributed by atoms with Crippen molar-refractivity contribution < 1.29 is 37.3 Å². The number of carbonyl (C=O) groups excluding carboxylic acids is 2. The summed E-state index contributed by atoms with van der Waals surface area (Å²) in [6, 6.07) is -0.920. The Morgan fingerprint density at radius 1 is 0.446 bits per heavy atom. The van der Waals surface area contributed by atoms with Gasteiger partial charge in [-0.25, -0.2) is 0 Å². The Kier molecular flexibility index (Phi) is 58.8. The highest BCUT2D eigenvalue weighted by atomic mass is 31.2. The number of hydrogen-bond donors (Lipinski definition) is 1. The summed E-state index contributed by atoms with van der Waals surface area (Å²) in [5.74, 6) is -0.595. The third kappa shape index (κ3) is 62.8. The number of ether oxygens (including phenoxy) is 1.